The molecule has 1 saturated heterocycles. The maximum absolute atomic E-state index is 6.80. The molecular formula is C25H31ClN4O3S. The van der Waals surface area contributed by atoms with Crippen molar-refractivity contribution in [2.24, 2.45) is 5.92 Å². The lowest BCUT2D eigenvalue weighted by Gasteiger charge is -2.33. The second-order valence-corrected chi connectivity index (χ2v) is 9.58. The number of halogens is 1. The largest absolute Gasteiger partial charge is 0.496 e. The van der Waals surface area contributed by atoms with Crippen LogP contribution < -0.4 is 14.4 Å². The molecule has 3 heterocycles. The smallest absolute Gasteiger partial charge is 0.187 e. The summed E-state index contributed by atoms with van der Waals surface area (Å²) in [6.07, 6.45) is 7.15. The van der Waals surface area contributed by atoms with Crippen LogP contribution in [0.2, 0.25) is 5.02 Å². The number of rotatable bonds is 8. The Morgan fingerprint density at radius 2 is 1.82 bits per heavy atom. The van der Waals surface area contributed by atoms with Gasteiger partial charge >= 0.3 is 0 Å². The molecule has 9 heteroatoms. The fourth-order valence-electron chi connectivity index (χ4n) is 4.54. The van der Waals surface area contributed by atoms with Gasteiger partial charge in [-0.15, -0.1) is 0 Å². The third-order valence-electron chi connectivity index (χ3n) is 6.49. The van der Waals surface area contributed by atoms with Crippen molar-refractivity contribution in [2.45, 2.75) is 31.3 Å². The highest BCUT2D eigenvalue weighted by atomic mass is 35.5. The molecule has 7 nitrogen and oxygen atoms in total. The summed E-state index contributed by atoms with van der Waals surface area (Å²) in [5, 5.41) is 2.17. The van der Waals surface area contributed by atoms with Gasteiger partial charge in [0, 0.05) is 55.6 Å². The summed E-state index contributed by atoms with van der Waals surface area (Å²) >= 11 is 8.33. The summed E-state index contributed by atoms with van der Waals surface area (Å²) in [7, 11) is 5.01. The van der Waals surface area contributed by atoms with E-state index in [1.54, 1.807) is 21.3 Å². The fourth-order valence-corrected chi connectivity index (χ4v) is 5.25. The number of anilines is 1. The van der Waals surface area contributed by atoms with Crippen LogP contribution in [0.4, 0.5) is 5.82 Å². The Morgan fingerprint density at radius 1 is 1.09 bits per heavy atom. The van der Waals surface area contributed by atoms with Crippen LogP contribution >= 0.6 is 23.4 Å². The summed E-state index contributed by atoms with van der Waals surface area (Å²) < 4.78 is 16.4. The summed E-state index contributed by atoms with van der Waals surface area (Å²) in [5.74, 6) is 2.79. The zero-order chi connectivity index (χ0) is 24.2. The van der Waals surface area contributed by atoms with Crippen LogP contribution in [0.3, 0.4) is 0 Å². The average Bonchev–Trinajstić information content (AvgIpc) is 2.87. The first-order valence-electron chi connectivity index (χ1n) is 11.4. The number of benzene rings is 1. The molecule has 0 aliphatic carbocycles. The lowest BCUT2D eigenvalue weighted by Crippen LogP contribution is -2.35. The van der Waals surface area contributed by atoms with Crippen molar-refractivity contribution in [1.82, 2.24) is 15.0 Å². The Hall–Kier alpha value is -2.29. The minimum Gasteiger partial charge on any atom is -0.496 e. The van der Waals surface area contributed by atoms with E-state index in [1.807, 2.05) is 31.5 Å². The van der Waals surface area contributed by atoms with E-state index >= 15 is 0 Å². The summed E-state index contributed by atoms with van der Waals surface area (Å²) in [4.78, 5) is 16.8. The average molecular weight is 503 g/mol. The second-order valence-electron chi connectivity index (χ2n) is 8.43. The SMILES string of the molecule is COCCC1CCN(c2nc(-c3c(C)c(OC)cc(OC)c3Cl)cc3cnc(SC)nc23)CC1. The van der Waals surface area contributed by atoms with Crippen molar-refractivity contribution >= 4 is 40.1 Å². The number of hydrogen-bond acceptors (Lipinski definition) is 8. The second kappa shape index (κ2) is 11.0. The molecule has 2 aromatic heterocycles. The molecule has 3 aromatic rings. The Balaban J connectivity index is 1.84. The normalized spacial score (nSPS) is 14.6. The van der Waals surface area contributed by atoms with E-state index in [-0.39, 0.29) is 0 Å². The Morgan fingerprint density at radius 3 is 2.47 bits per heavy atom. The molecule has 1 aliphatic rings. The fraction of sp³-hybridized carbons (Fsp3) is 0.480. The molecule has 182 valence electrons. The molecule has 0 unspecified atom stereocenters. The Bertz CT molecular complexity index is 1140. The van der Waals surface area contributed by atoms with Gasteiger partial charge in [0.15, 0.2) is 11.0 Å². The lowest BCUT2D eigenvalue weighted by molar-refractivity contribution is 0.170. The van der Waals surface area contributed by atoms with E-state index in [0.29, 0.717) is 22.4 Å². The Labute approximate surface area is 210 Å². The number of pyridine rings is 1. The van der Waals surface area contributed by atoms with Gasteiger partial charge in [0.2, 0.25) is 0 Å². The minimum atomic E-state index is 0.513. The van der Waals surface area contributed by atoms with Crippen LogP contribution in [0.15, 0.2) is 23.5 Å². The number of aromatic nitrogens is 3. The van der Waals surface area contributed by atoms with Gasteiger partial charge in [-0.25, -0.2) is 15.0 Å². The molecule has 0 spiro atoms. The molecule has 34 heavy (non-hydrogen) atoms. The monoisotopic (exact) mass is 502 g/mol. The molecule has 1 fully saturated rings. The van der Waals surface area contributed by atoms with Crippen LogP contribution in [0.5, 0.6) is 11.5 Å². The van der Waals surface area contributed by atoms with Crippen LogP contribution in [-0.2, 0) is 4.74 Å². The van der Waals surface area contributed by atoms with E-state index in [2.05, 4.69) is 9.88 Å². The molecule has 0 radical (unpaired) electrons. The van der Waals surface area contributed by atoms with E-state index in [1.165, 1.54) is 11.8 Å². The quantitative estimate of drug-likeness (QED) is 0.289. The highest BCUT2D eigenvalue weighted by Gasteiger charge is 2.25. The van der Waals surface area contributed by atoms with Crippen LogP contribution in [0.25, 0.3) is 22.2 Å². The minimum absolute atomic E-state index is 0.513. The maximum atomic E-state index is 6.80. The van der Waals surface area contributed by atoms with Crippen LogP contribution in [0.1, 0.15) is 24.8 Å². The molecule has 0 atom stereocenters. The highest BCUT2D eigenvalue weighted by Crippen LogP contribution is 2.43. The predicted molar refractivity (Wildman–Crippen MR) is 139 cm³/mol. The highest BCUT2D eigenvalue weighted by molar-refractivity contribution is 7.98. The number of thioether (sulfide) groups is 1. The van der Waals surface area contributed by atoms with E-state index in [9.17, 15) is 0 Å². The summed E-state index contributed by atoms with van der Waals surface area (Å²) in [5.41, 5.74) is 3.32. The third kappa shape index (κ3) is 4.90. The van der Waals surface area contributed by atoms with Gasteiger partial charge in [-0.3, -0.25) is 0 Å². The van der Waals surface area contributed by atoms with Gasteiger partial charge in [-0.1, -0.05) is 23.4 Å². The van der Waals surface area contributed by atoms with E-state index in [4.69, 9.17) is 35.8 Å². The number of nitrogens with zero attached hydrogens (tertiary/aromatic N) is 4. The predicted octanol–water partition coefficient (Wildman–Crippen LogP) is 5.65. The van der Waals surface area contributed by atoms with Gasteiger partial charge in [-0.2, -0.15) is 0 Å². The molecular weight excluding hydrogens is 472 g/mol. The van der Waals surface area contributed by atoms with Gasteiger partial charge in [0.1, 0.15) is 17.0 Å². The Kier molecular flexibility index (Phi) is 8.01. The number of piperidine rings is 1. The maximum Gasteiger partial charge on any atom is 0.187 e. The molecule has 0 saturated carbocycles. The summed E-state index contributed by atoms with van der Waals surface area (Å²) in [6.45, 7) is 4.64. The van der Waals surface area contributed by atoms with E-state index in [0.717, 1.165) is 77.7 Å². The van der Waals surface area contributed by atoms with Crippen LogP contribution in [0, 0.1) is 12.8 Å². The molecule has 0 N–H and O–H groups in total. The van der Waals surface area contributed by atoms with Crippen LogP contribution in [-0.4, -0.2) is 62.2 Å². The van der Waals surface area contributed by atoms with Gasteiger partial charge in [0.05, 0.1) is 24.9 Å². The number of fused-ring (bicyclic) bond motifs is 1. The van der Waals surface area contributed by atoms with E-state index < -0.39 is 0 Å². The van der Waals surface area contributed by atoms with Gasteiger partial charge in [-0.05, 0) is 44.4 Å². The van der Waals surface area contributed by atoms with Gasteiger partial charge in [0.25, 0.3) is 0 Å². The molecule has 0 bridgehead atoms. The lowest BCUT2D eigenvalue weighted by atomic mass is 9.94. The van der Waals surface area contributed by atoms with Crippen molar-refractivity contribution in [3.05, 3.63) is 28.9 Å². The van der Waals surface area contributed by atoms with Crippen molar-refractivity contribution < 1.29 is 14.2 Å². The molecule has 1 aliphatic heterocycles. The van der Waals surface area contributed by atoms with Crippen molar-refractivity contribution in [3.63, 3.8) is 0 Å². The third-order valence-corrected chi connectivity index (χ3v) is 7.43. The zero-order valence-corrected chi connectivity index (χ0v) is 21.9. The molecule has 1 aromatic carbocycles. The van der Waals surface area contributed by atoms with Crippen molar-refractivity contribution in [2.75, 3.05) is 52.2 Å². The first kappa shape index (κ1) is 24.8. The molecule has 0 amide bonds. The number of ether oxygens (including phenoxy) is 3. The van der Waals surface area contributed by atoms with Crippen molar-refractivity contribution in [1.29, 1.82) is 0 Å². The van der Waals surface area contributed by atoms with Gasteiger partial charge < -0.3 is 19.1 Å². The topological polar surface area (TPSA) is 69.6 Å². The van der Waals surface area contributed by atoms with Crippen molar-refractivity contribution in [3.8, 4) is 22.8 Å². The first-order chi connectivity index (χ1) is 16.5. The first-order valence-corrected chi connectivity index (χ1v) is 13.0. The zero-order valence-electron chi connectivity index (χ0n) is 20.4. The summed E-state index contributed by atoms with van der Waals surface area (Å²) in [6, 6.07) is 3.81. The molecule has 4 rings (SSSR count). The standard InChI is InChI=1S/C25H31ClN4O3S/c1-15-19(32-3)13-20(33-4)22(26)21(15)18-12-17-14-27-25(34-5)29-23(17)24(28-18)30-9-6-16(7-10-30)8-11-31-2/h12-14,16H,6-11H2,1-5H3. The number of hydrogen-bond donors (Lipinski definition) is 0. The number of methoxy groups -OCH3 is 3.